The molecule has 1 N–H and O–H groups in total. The Morgan fingerprint density at radius 1 is 1.69 bits per heavy atom. The summed E-state index contributed by atoms with van der Waals surface area (Å²) in [5.74, 6) is 0. The van der Waals surface area contributed by atoms with Crippen LogP contribution in [0.5, 0.6) is 0 Å². The minimum absolute atomic E-state index is 0.127. The molecule has 1 atom stereocenters. The number of allylic oxidation sites excluding steroid dienone is 2. The molecule has 13 heavy (non-hydrogen) atoms. The molecular weight excluding hydrogens is 388 g/mol. The van der Waals surface area contributed by atoms with Crippen LogP contribution in [0.2, 0.25) is 0 Å². The average molecular weight is 404 g/mol. The molecule has 3 heteroatoms. The summed E-state index contributed by atoms with van der Waals surface area (Å²) in [6, 6.07) is 0.816. The van der Waals surface area contributed by atoms with Crippen molar-refractivity contribution in [1.82, 2.24) is 3.53 Å². The Morgan fingerprint density at radius 2 is 2.38 bits per heavy atom. The standard InChI is InChI=1S/C10H16I2N/c1-4-8(2)12-9(3)5-6-10-7-11-13-10/h4-5,10,13H,1,6-7H2,2-3H3/q-1/b9-5-/t10-/m1/s1. The molecule has 1 saturated heterocycles. The summed E-state index contributed by atoms with van der Waals surface area (Å²) in [4.78, 5) is 0. The fourth-order valence-corrected chi connectivity index (χ4v) is 4.62. The Bertz CT molecular complexity index is 239. The topological polar surface area (TPSA) is 12.0 Å². The van der Waals surface area contributed by atoms with Crippen LogP contribution >= 0.6 is 20.7 Å². The van der Waals surface area contributed by atoms with Crippen LogP contribution in [0.4, 0.5) is 0 Å². The van der Waals surface area contributed by atoms with Crippen molar-refractivity contribution in [2.24, 2.45) is 0 Å². The van der Waals surface area contributed by atoms with Gasteiger partial charge < -0.3 is 0 Å². The summed E-state index contributed by atoms with van der Waals surface area (Å²) >= 11 is 0.533. The second-order valence-corrected chi connectivity index (χ2v) is 9.21. The van der Waals surface area contributed by atoms with Gasteiger partial charge >= 0.3 is 102 Å². The third-order valence-electron chi connectivity index (χ3n) is 1.76. The van der Waals surface area contributed by atoms with Crippen LogP contribution < -0.4 is 25.0 Å². The van der Waals surface area contributed by atoms with Crippen LogP contribution in [0.3, 0.4) is 0 Å². The summed E-state index contributed by atoms with van der Waals surface area (Å²) in [5.41, 5.74) is 0. The van der Waals surface area contributed by atoms with Crippen LogP contribution in [-0.2, 0) is 0 Å². The predicted molar refractivity (Wildman–Crippen MR) is 65.1 cm³/mol. The van der Waals surface area contributed by atoms with Crippen molar-refractivity contribution in [1.29, 1.82) is 0 Å². The summed E-state index contributed by atoms with van der Waals surface area (Å²) in [7, 11) is 0. The molecule has 1 aliphatic rings. The summed E-state index contributed by atoms with van der Waals surface area (Å²) in [5, 5.41) is 0. The second-order valence-electron chi connectivity index (χ2n) is 3.01. The second kappa shape index (κ2) is 6.29. The third kappa shape index (κ3) is 4.69. The molecule has 0 amide bonds. The molecule has 1 rings (SSSR count). The monoisotopic (exact) mass is 404 g/mol. The van der Waals surface area contributed by atoms with Crippen LogP contribution in [0.25, 0.3) is 0 Å². The first kappa shape index (κ1) is 11.8. The first-order valence-corrected chi connectivity index (χ1v) is 9.10. The number of rotatable bonds is 4. The molecule has 1 aliphatic heterocycles. The molecule has 1 heterocycles. The molecule has 1 fully saturated rings. The number of halogens is 2. The molecule has 0 aromatic heterocycles. The van der Waals surface area contributed by atoms with Crippen molar-refractivity contribution in [3.63, 3.8) is 0 Å². The third-order valence-corrected chi connectivity index (χ3v) is 7.17. The van der Waals surface area contributed by atoms with Crippen molar-refractivity contribution in [3.8, 4) is 0 Å². The van der Waals surface area contributed by atoms with E-state index in [9.17, 15) is 0 Å². The molecule has 0 aromatic carbocycles. The van der Waals surface area contributed by atoms with Gasteiger partial charge in [-0.25, -0.2) is 0 Å². The summed E-state index contributed by atoms with van der Waals surface area (Å²) in [6.45, 7) is 8.23. The molecule has 0 aliphatic carbocycles. The van der Waals surface area contributed by atoms with Gasteiger partial charge in [0.1, 0.15) is 0 Å². The molecule has 0 radical (unpaired) electrons. The maximum absolute atomic E-state index is 3.79. The molecule has 0 saturated carbocycles. The van der Waals surface area contributed by atoms with Crippen LogP contribution in [-0.4, -0.2) is 14.0 Å². The Morgan fingerprint density at radius 3 is 2.85 bits per heavy atom. The molecular formula is C10H16I2N-. The van der Waals surface area contributed by atoms with Gasteiger partial charge in [-0.15, -0.1) is 0 Å². The SMILES string of the molecule is C=CC(C)=I/C(C)=C\C[C@@H]1C[I-]N1. The summed E-state index contributed by atoms with van der Waals surface area (Å²) in [6.07, 6.45) is 5.66. The van der Waals surface area contributed by atoms with E-state index in [1.165, 1.54) is 14.4 Å². The van der Waals surface area contributed by atoms with E-state index in [1.807, 2.05) is 6.08 Å². The Kier molecular flexibility index (Phi) is 5.73. The molecule has 76 valence electrons. The van der Waals surface area contributed by atoms with E-state index >= 15 is 0 Å². The minimum atomic E-state index is 0.127. The van der Waals surface area contributed by atoms with Gasteiger partial charge in [0.2, 0.25) is 0 Å². The molecule has 0 aromatic rings. The number of hydrogen-bond donors (Lipinski definition) is 1. The van der Waals surface area contributed by atoms with E-state index in [-0.39, 0.29) is 20.7 Å². The van der Waals surface area contributed by atoms with Crippen LogP contribution in [0.15, 0.2) is 22.3 Å². The maximum atomic E-state index is 3.79. The van der Waals surface area contributed by atoms with E-state index < -0.39 is 0 Å². The van der Waals surface area contributed by atoms with Crippen molar-refractivity contribution in [2.75, 3.05) is 4.43 Å². The van der Waals surface area contributed by atoms with Crippen LogP contribution in [0.1, 0.15) is 20.3 Å². The van der Waals surface area contributed by atoms with Gasteiger partial charge in [-0.1, -0.05) is 0 Å². The van der Waals surface area contributed by atoms with Gasteiger partial charge in [0.05, 0.1) is 0 Å². The molecule has 0 unspecified atom stereocenters. The van der Waals surface area contributed by atoms with Gasteiger partial charge in [-0.2, -0.15) is 0 Å². The zero-order valence-corrected chi connectivity index (χ0v) is 12.4. The molecule has 1 nitrogen and oxygen atoms in total. The number of alkyl halides is 1. The normalized spacial score (nSPS) is 25.2. The van der Waals surface area contributed by atoms with E-state index in [1.54, 1.807) is 3.58 Å². The van der Waals surface area contributed by atoms with Crippen molar-refractivity contribution >= 4 is 24.2 Å². The number of nitrogens with one attached hydrogen (secondary N) is 1. The van der Waals surface area contributed by atoms with Gasteiger partial charge in [-0.05, 0) is 0 Å². The van der Waals surface area contributed by atoms with Crippen LogP contribution in [0, 0.1) is 0 Å². The van der Waals surface area contributed by atoms with Gasteiger partial charge in [0.15, 0.2) is 0 Å². The fourth-order valence-electron chi connectivity index (χ4n) is 0.911. The Hall–Kier alpha value is 0.770. The molecule has 0 bridgehead atoms. The molecule has 0 spiro atoms. The zero-order chi connectivity index (χ0) is 9.68. The fraction of sp³-hybridized carbons (Fsp3) is 0.500. The van der Waals surface area contributed by atoms with E-state index in [0.29, 0.717) is 21.5 Å². The first-order chi connectivity index (χ1) is 6.22. The van der Waals surface area contributed by atoms with Gasteiger partial charge in [0.25, 0.3) is 0 Å². The zero-order valence-electron chi connectivity index (χ0n) is 8.11. The van der Waals surface area contributed by atoms with Gasteiger partial charge in [0, 0.05) is 0 Å². The average Bonchev–Trinajstić information content (AvgIpc) is 2.01. The van der Waals surface area contributed by atoms with Gasteiger partial charge in [-0.3, -0.25) is 0 Å². The van der Waals surface area contributed by atoms with Crippen molar-refractivity contribution < 1.29 is 21.5 Å². The van der Waals surface area contributed by atoms with Crippen molar-refractivity contribution in [2.45, 2.75) is 26.3 Å². The summed E-state index contributed by atoms with van der Waals surface area (Å²) < 4.78 is 8.04. The number of hydrogen-bond acceptors (Lipinski definition) is 1. The predicted octanol–water partition coefficient (Wildman–Crippen LogP) is -0.395. The van der Waals surface area contributed by atoms with E-state index in [0.717, 1.165) is 6.04 Å². The quantitative estimate of drug-likeness (QED) is 0.383. The van der Waals surface area contributed by atoms with E-state index in [2.05, 4.69) is 30.0 Å². The Labute approximate surface area is 101 Å². The first-order valence-electron chi connectivity index (χ1n) is 4.33. The van der Waals surface area contributed by atoms with E-state index in [4.69, 9.17) is 0 Å². The Balaban J connectivity index is 2.36. The van der Waals surface area contributed by atoms with Crippen molar-refractivity contribution in [3.05, 3.63) is 22.3 Å².